The first-order valence-corrected chi connectivity index (χ1v) is 9.10. The van der Waals surface area contributed by atoms with Crippen molar-refractivity contribution in [3.63, 3.8) is 0 Å². The lowest BCUT2D eigenvalue weighted by atomic mass is 10.0. The maximum Gasteiger partial charge on any atom is 0.336 e. The minimum absolute atomic E-state index is 0.194. The van der Waals surface area contributed by atoms with Crippen molar-refractivity contribution in [1.29, 1.82) is 0 Å². The van der Waals surface area contributed by atoms with Crippen molar-refractivity contribution in [2.24, 2.45) is 10.7 Å². The van der Waals surface area contributed by atoms with Gasteiger partial charge in [-0.05, 0) is 43.4 Å². The average Bonchev–Trinajstić information content (AvgIpc) is 3.08. The van der Waals surface area contributed by atoms with Crippen molar-refractivity contribution in [1.82, 2.24) is 0 Å². The highest BCUT2D eigenvalue weighted by atomic mass is 32.2. The zero-order valence-electron chi connectivity index (χ0n) is 14.0. The fraction of sp³-hybridized carbons (Fsp3) is 0.444. The summed E-state index contributed by atoms with van der Waals surface area (Å²) in [5.41, 5.74) is 9.34. The predicted octanol–water partition coefficient (Wildman–Crippen LogP) is 3.14. The molecule has 2 N–H and O–H groups in total. The maximum atomic E-state index is 11.9. The molecule has 0 spiro atoms. The van der Waals surface area contributed by atoms with E-state index in [0.29, 0.717) is 23.0 Å². The maximum absolute atomic E-state index is 11.9. The zero-order chi connectivity index (χ0) is 17.1. The molecule has 1 aromatic carbocycles. The van der Waals surface area contributed by atoms with Gasteiger partial charge in [0, 0.05) is 23.8 Å². The molecule has 1 atom stereocenters. The second-order valence-corrected chi connectivity index (χ2v) is 7.07. The van der Waals surface area contributed by atoms with E-state index in [9.17, 15) is 4.79 Å². The van der Waals surface area contributed by atoms with Crippen LogP contribution in [0.25, 0.3) is 11.0 Å². The van der Waals surface area contributed by atoms with Crippen LogP contribution < -0.4 is 11.4 Å². The summed E-state index contributed by atoms with van der Waals surface area (Å²) in [6.07, 6.45) is 2.33. The third-order valence-electron chi connectivity index (χ3n) is 4.37. The Hall–Kier alpha value is -1.79. The van der Waals surface area contributed by atoms with Gasteiger partial charge in [0.05, 0.1) is 12.6 Å². The van der Waals surface area contributed by atoms with Gasteiger partial charge >= 0.3 is 5.63 Å². The quantitative estimate of drug-likeness (QED) is 0.523. The minimum atomic E-state index is -0.332. The molecule has 1 aliphatic heterocycles. The van der Waals surface area contributed by atoms with Gasteiger partial charge in [-0.15, -0.1) is 0 Å². The van der Waals surface area contributed by atoms with Gasteiger partial charge in [0.25, 0.3) is 0 Å². The Morgan fingerprint density at radius 1 is 1.42 bits per heavy atom. The van der Waals surface area contributed by atoms with Crippen molar-refractivity contribution in [2.75, 3.05) is 13.2 Å². The van der Waals surface area contributed by atoms with Crippen LogP contribution in [0.4, 0.5) is 0 Å². The van der Waals surface area contributed by atoms with Crippen molar-refractivity contribution >= 4 is 27.9 Å². The Bertz CT molecular complexity index is 823. The molecule has 2 heterocycles. The van der Waals surface area contributed by atoms with Gasteiger partial charge in [-0.1, -0.05) is 23.9 Å². The number of aryl methyl sites for hydroxylation is 2. The number of nitrogens with two attached hydrogens (primary N) is 1. The second kappa shape index (κ2) is 7.40. The number of rotatable bonds is 4. The number of fused-ring (bicyclic) bond motifs is 1. The van der Waals surface area contributed by atoms with Gasteiger partial charge in [-0.2, -0.15) is 0 Å². The molecule has 1 aromatic heterocycles. The third-order valence-corrected chi connectivity index (χ3v) is 5.25. The first kappa shape index (κ1) is 17.0. The van der Waals surface area contributed by atoms with Gasteiger partial charge in [0.1, 0.15) is 5.58 Å². The summed E-state index contributed by atoms with van der Waals surface area (Å²) >= 11 is 1.44. The summed E-state index contributed by atoms with van der Waals surface area (Å²) in [5, 5.41) is 1.48. The number of hydrogen-bond donors (Lipinski definition) is 1. The SMILES string of the molecule is Cc1ccc2c(CSC(N)=NC[C@@H]3CCCO3)cc(=O)oc2c1C. The van der Waals surface area contributed by atoms with Gasteiger partial charge in [0.2, 0.25) is 0 Å². The van der Waals surface area contributed by atoms with E-state index in [2.05, 4.69) is 4.99 Å². The van der Waals surface area contributed by atoms with Crippen molar-refractivity contribution in [3.8, 4) is 0 Å². The molecule has 0 bridgehead atoms. The highest BCUT2D eigenvalue weighted by Gasteiger charge is 2.15. The number of hydrogen-bond acceptors (Lipinski definition) is 5. The molecule has 0 radical (unpaired) electrons. The molecule has 3 rings (SSSR count). The summed E-state index contributed by atoms with van der Waals surface area (Å²) < 4.78 is 10.9. The molecule has 1 fully saturated rings. The lowest BCUT2D eigenvalue weighted by Crippen LogP contribution is -2.14. The molecule has 0 unspecified atom stereocenters. The van der Waals surface area contributed by atoms with Crippen LogP contribution in [0.5, 0.6) is 0 Å². The van der Waals surface area contributed by atoms with Gasteiger partial charge in [-0.3, -0.25) is 4.99 Å². The van der Waals surface area contributed by atoms with E-state index >= 15 is 0 Å². The van der Waals surface area contributed by atoms with Crippen LogP contribution in [0.15, 0.2) is 32.4 Å². The van der Waals surface area contributed by atoms with Gasteiger partial charge in [0.15, 0.2) is 5.17 Å². The van der Waals surface area contributed by atoms with Crippen LogP contribution in [0.1, 0.15) is 29.5 Å². The fourth-order valence-electron chi connectivity index (χ4n) is 2.82. The van der Waals surface area contributed by atoms with Crippen LogP contribution in [0.2, 0.25) is 0 Å². The van der Waals surface area contributed by atoms with E-state index in [-0.39, 0.29) is 11.7 Å². The summed E-state index contributed by atoms with van der Waals surface area (Å²) in [4.78, 5) is 16.2. The molecule has 1 aliphatic rings. The molecule has 6 heteroatoms. The molecule has 5 nitrogen and oxygen atoms in total. The Kier molecular flexibility index (Phi) is 5.26. The Morgan fingerprint density at radius 2 is 2.25 bits per heavy atom. The molecular weight excluding hydrogens is 324 g/mol. The normalized spacial score (nSPS) is 18.4. The van der Waals surface area contributed by atoms with Crippen LogP contribution in [-0.4, -0.2) is 24.4 Å². The molecule has 0 aliphatic carbocycles. The second-order valence-electron chi connectivity index (χ2n) is 6.08. The Labute approximate surface area is 145 Å². The number of aliphatic imine (C=N–C) groups is 1. The summed E-state index contributed by atoms with van der Waals surface area (Å²) in [6, 6.07) is 5.58. The first-order chi connectivity index (χ1) is 11.5. The topological polar surface area (TPSA) is 77.8 Å². The largest absolute Gasteiger partial charge is 0.422 e. The van der Waals surface area contributed by atoms with Gasteiger partial charge in [-0.25, -0.2) is 4.79 Å². The number of thioether (sulfide) groups is 1. The molecule has 2 aromatic rings. The van der Waals surface area contributed by atoms with E-state index in [1.807, 2.05) is 26.0 Å². The predicted molar refractivity (Wildman–Crippen MR) is 98.7 cm³/mol. The first-order valence-electron chi connectivity index (χ1n) is 8.12. The van der Waals surface area contributed by atoms with Crippen molar-refractivity contribution in [2.45, 2.75) is 38.5 Å². The summed E-state index contributed by atoms with van der Waals surface area (Å²) in [6.45, 7) is 5.40. The van der Waals surface area contributed by atoms with Crippen LogP contribution >= 0.6 is 11.8 Å². The Balaban J connectivity index is 1.76. The Morgan fingerprint density at radius 3 is 3.00 bits per heavy atom. The summed E-state index contributed by atoms with van der Waals surface area (Å²) in [5.74, 6) is 0.589. The fourth-order valence-corrected chi connectivity index (χ4v) is 3.53. The smallest absolute Gasteiger partial charge is 0.336 e. The number of ether oxygens (including phenoxy) is 1. The standard InChI is InChI=1S/C18H22N2O3S/c1-11-5-6-15-13(8-16(21)23-17(15)12(11)2)10-24-18(19)20-9-14-4-3-7-22-14/h5-6,8,14H,3-4,7,9-10H2,1-2H3,(H2,19,20)/t14-/m0/s1. The number of amidine groups is 1. The molecule has 1 saturated heterocycles. The lowest BCUT2D eigenvalue weighted by Gasteiger charge is -2.09. The van der Waals surface area contributed by atoms with Crippen molar-refractivity contribution < 1.29 is 9.15 Å². The van der Waals surface area contributed by atoms with Crippen LogP contribution in [-0.2, 0) is 10.5 Å². The zero-order valence-corrected chi connectivity index (χ0v) is 14.8. The van der Waals surface area contributed by atoms with E-state index in [0.717, 1.165) is 41.5 Å². The van der Waals surface area contributed by atoms with E-state index in [1.54, 1.807) is 0 Å². The van der Waals surface area contributed by atoms with Crippen molar-refractivity contribution in [3.05, 3.63) is 45.3 Å². The van der Waals surface area contributed by atoms with Gasteiger partial charge < -0.3 is 14.9 Å². The lowest BCUT2D eigenvalue weighted by molar-refractivity contribution is 0.118. The molecule has 0 amide bonds. The van der Waals surface area contributed by atoms with Crippen LogP contribution in [0, 0.1) is 13.8 Å². The molecule has 128 valence electrons. The minimum Gasteiger partial charge on any atom is -0.422 e. The molecular formula is C18H22N2O3S. The summed E-state index contributed by atoms with van der Waals surface area (Å²) in [7, 11) is 0. The monoisotopic (exact) mass is 346 g/mol. The number of nitrogens with zero attached hydrogens (tertiary/aromatic N) is 1. The average molecular weight is 346 g/mol. The number of benzene rings is 1. The van der Waals surface area contributed by atoms with Crippen LogP contribution in [0.3, 0.4) is 0 Å². The van der Waals surface area contributed by atoms with E-state index in [1.165, 1.54) is 17.8 Å². The molecule has 0 saturated carbocycles. The third kappa shape index (κ3) is 3.82. The highest BCUT2D eigenvalue weighted by Crippen LogP contribution is 2.25. The van der Waals surface area contributed by atoms with E-state index < -0.39 is 0 Å². The highest BCUT2D eigenvalue weighted by molar-refractivity contribution is 8.13. The molecule has 24 heavy (non-hydrogen) atoms. The van der Waals surface area contributed by atoms with E-state index in [4.69, 9.17) is 14.9 Å².